The van der Waals surface area contributed by atoms with E-state index in [1.54, 1.807) is 24.3 Å². The van der Waals surface area contributed by atoms with Crippen molar-refractivity contribution in [1.29, 1.82) is 0 Å². The van der Waals surface area contributed by atoms with E-state index in [0.717, 1.165) is 5.56 Å². The van der Waals surface area contributed by atoms with Crippen molar-refractivity contribution in [2.45, 2.75) is 6.54 Å². The topological polar surface area (TPSA) is 56.8 Å². The first kappa shape index (κ1) is 18.2. The molecule has 24 heavy (non-hydrogen) atoms. The smallest absolute Gasteiger partial charge is 0.253 e. The molecule has 1 N–H and O–H groups in total. The van der Waals surface area contributed by atoms with Crippen LogP contribution in [0, 0.1) is 0 Å². The third-order valence-electron chi connectivity index (χ3n) is 3.35. The molecule has 0 saturated heterocycles. The molecule has 0 radical (unpaired) electrons. The van der Waals surface area contributed by atoms with Crippen molar-refractivity contribution in [3.63, 3.8) is 0 Å². The van der Waals surface area contributed by atoms with Crippen LogP contribution >= 0.6 is 23.2 Å². The van der Waals surface area contributed by atoms with Gasteiger partial charge >= 0.3 is 0 Å². The summed E-state index contributed by atoms with van der Waals surface area (Å²) < 4.78 is 15.8. The second-order valence-corrected chi connectivity index (χ2v) is 5.68. The minimum absolute atomic E-state index is 0.272. The summed E-state index contributed by atoms with van der Waals surface area (Å²) in [5.74, 6) is 1.23. The van der Waals surface area contributed by atoms with E-state index in [-0.39, 0.29) is 12.5 Å². The average molecular weight is 370 g/mol. The van der Waals surface area contributed by atoms with E-state index >= 15 is 0 Å². The first-order chi connectivity index (χ1) is 11.5. The lowest BCUT2D eigenvalue weighted by atomic mass is 10.1. The Kier molecular flexibility index (Phi) is 6.17. The molecular formula is C17H17Cl2NO4. The molecule has 128 valence electrons. The van der Waals surface area contributed by atoms with Gasteiger partial charge in [-0.1, -0.05) is 23.2 Å². The second kappa shape index (κ2) is 8.13. The van der Waals surface area contributed by atoms with Crippen molar-refractivity contribution in [2.75, 3.05) is 21.3 Å². The SMILES string of the molecule is COc1cc(CNC(=O)c2ccc(Cl)cc2Cl)cc(OC)c1OC. The number of amides is 1. The fourth-order valence-corrected chi connectivity index (χ4v) is 2.68. The molecule has 0 bridgehead atoms. The highest BCUT2D eigenvalue weighted by molar-refractivity contribution is 6.36. The summed E-state index contributed by atoms with van der Waals surface area (Å²) in [6, 6.07) is 8.25. The third-order valence-corrected chi connectivity index (χ3v) is 3.90. The van der Waals surface area contributed by atoms with Crippen LogP contribution in [-0.2, 0) is 6.54 Å². The zero-order valence-electron chi connectivity index (χ0n) is 13.5. The molecule has 2 aromatic rings. The Hall–Kier alpha value is -2.11. The van der Waals surface area contributed by atoms with Gasteiger partial charge in [-0.25, -0.2) is 0 Å². The summed E-state index contributed by atoms with van der Waals surface area (Å²) in [4.78, 5) is 12.3. The van der Waals surface area contributed by atoms with Crippen molar-refractivity contribution in [2.24, 2.45) is 0 Å². The minimum atomic E-state index is -0.301. The standard InChI is InChI=1S/C17H17Cl2NO4/c1-22-14-6-10(7-15(23-2)16(14)24-3)9-20-17(21)12-5-4-11(18)8-13(12)19/h4-8H,9H2,1-3H3,(H,20,21). The zero-order valence-corrected chi connectivity index (χ0v) is 15.0. The number of hydrogen-bond acceptors (Lipinski definition) is 4. The average Bonchev–Trinajstić information content (AvgIpc) is 2.58. The molecule has 5 nitrogen and oxygen atoms in total. The fourth-order valence-electron chi connectivity index (χ4n) is 2.19. The number of carbonyl (C=O) groups is 1. The van der Waals surface area contributed by atoms with Crippen molar-refractivity contribution in [3.05, 3.63) is 51.5 Å². The summed E-state index contributed by atoms with van der Waals surface area (Å²) in [6.45, 7) is 0.272. The van der Waals surface area contributed by atoms with Crippen molar-refractivity contribution in [3.8, 4) is 17.2 Å². The van der Waals surface area contributed by atoms with Crippen molar-refractivity contribution < 1.29 is 19.0 Å². The number of benzene rings is 2. The Morgan fingerprint density at radius 3 is 2.12 bits per heavy atom. The molecule has 0 aliphatic rings. The Bertz CT molecular complexity index is 724. The number of nitrogens with one attached hydrogen (secondary N) is 1. The molecule has 0 fully saturated rings. The van der Waals surface area contributed by atoms with Gasteiger partial charge in [0.15, 0.2) is 11.5 Å². The highest BCUT2D eigenvalue weighted by atomic mass is 35.5. The maximum absolute atomic E-state index is 12.3. The molecule has 0 unspecified atom stereocenters. The first-order valence-electron chi connectivity index (χ1n) is 7.02. The van der Waals surface area contributed by atoms with Crippen molar-refractivity contribution in [1.82, 2.24) is 5.32 Å². The Balaban J connectivity index is 2.18. The lowest BCUT2D eigenvalue weighted by Crippen LogP contribution is -2.23. The molecule has 2 aromatic carbocycles. The highest BCUT2D eigenvalue weighted by Gasteiger charge is 2.15. The van der Waals surface area contributed by atoms with E-state index in [1.807, 2.05) is 0 Å². The van der Waals surface area contributed by atoms with E-state index < -0.39 is 0 Å². The van der Waals surface area contributed by atoms with E-state index in [9.17, 15) is 4.79 Å². The van der Waals surface area contributed by atoms with Gasteiger partial charge in [0.1, 0.15) is 0 Å². The second-order valence-electron chi connectivity index (χ2n) is 4.84. The van der Waals surface area contributed by atoms with Crippen molar-refractivity contribution >= 4 is 29.1 Å². The van der Waals surface area contributed by atoms with E-state index in [0.29, 0.717) is 32.9 Å². The maximum Gasteiger partial charge on any atom is 0.253 e. The molecule has 0 aliphatic carbocycles. The molecule has 1 amide bonds. The lowest BCUT2D eigenvalue weighted by Gasteiger charge is -2.14. The minimum Gasteiger partial charge on any atom is -0.493 e. The molecule has 7 heteroatoms. The van der Waals surface area contributed by atoms with Gasteiger partial charge < -0.3 is 19.5 Å². The Labute approximate surface area is 150 Å². The normalized spacial score (nSPS) is 10.2. The quantitative estimate of drug-likeness (QED) is 0.837. The molecule has 0 atom stereocenters. The van der Waals surface area contributed by atoms with Crippen LogP contribution in [0.4, 0.5) is 0 Å². The lowest BCUT2D eigenvalue weighted by molar-refractivity contribution is 0.0951. The van der Waals surface area contributed by atoms with Crippen LogP contribution in [0.2, 0.25) is 10.0 Å². The molecule has 0 saturated carbocycles. The van der Waals surface area contributed by atoms with E-state index in [4.69, 9.17) is 37.4 Å². The van der Waals surface area contributed by atoms with Gasteiger partial charge in [-0.05, 0) is 35.9 Å². The number of rotatable bonds is 6. The van der Waals surface area contributed by atoms with Gasteiger partial charge in [0, 0.05) is 11.6 Å². The predicted molar refractivity (Wildman–Crippen MR) is 93.7 cm³/mol. The largest absolute Gasteiger partial charge is 0.493 e. The number of halogens is 2. The summed E-state index contributed by atoms with van der Waals surface area (Å²) in [6.07, 6.45) is 0. The molecule has 0 spiro atoms. The third kappa shape index (κ3) is 4.04. The molecule has 0 heterocycles. The Morgan fingerprint density at radius 2 is 1.62 bits per heavy atom. The summed E-state index contributed by atoms with van der Waals surface area (Å²) in [7, 11) is 4.60. The summed E-state index contributed by atoms with van der Waals surface area (Å²) >= 11 is 11.9. The van der Waals surface area contributed by atoms with Crippen LogP contribution in [0.3, 0.4) is 0 Å². The van der Waals surface area contributed by atoms with Gasteiger partial charge in [-0.3, -0.25) is 4.79 Å². The van der Waals surface area contributed by atoms with E-state index in [1.165, 1.54) is 27.4 Å². The highest BCUT2D eigenvalue weighted by Crippen LogP contribution is 2.38. The van der Waals surface area contributed by atoms with Crippen LogP contribution in [-0.4, -0.2) is 27.2 Å². The number of hydrogen-bond donors (Lipinski definition) is 1. The number of carbonyl (C=O) groups excluding carboxylic acids is 1. The van der Waals surface area contributed by atoms with Crippen LogP contribution < -0.4 is 19.5 Å². The van der Waals surface area contributed by atoms with E-state index in [2.05, 4.69) is 5.32 Å². The van der Waals surface area contributed by atoms with Crippen LogP contribution in [0.1, 0.15) is 15.9 Å². The molecule has 0 aliphatic heterocycles. The predicted octanol–water partition coefficient (Wildman–Crippen LogP) is 3.95. The summed E-state index contributed by atoms with van der Waals surface area (Å²) in [5.41, 5.74) is 1.15. The Morgan fingerprint density at radius 1 is 1.00 bits per heavy atom. The van der Waals surface area contributed by atoms with Crippen LogP contribution in [0.25, 0.3) is 0 Å². The number of methoxy groups -OCH3 is 3. The van der Waals surface area contributed by atoms with Gasteiger partial charge in [-0.2, -0.15) is 0 Å². The molecule has 0 aromatic heterocycles. The van der Waals surface area contributed by atoms with Gasteiger partial charge in [0.05, 0.1) is 31.9 Å². The van der Waals surface area contributed by atoms with Gasteiger partial charge in [0.2, 0.25) is 5.75 Å². The van der Waals surface area contributed by atoms with Crippen LogP contribution in [0.5, 0.6) is 17.2 Å². The van der Waals surface area contributed by atoms with Gasteiger partial charge in [-0.15, -0.1) is 0 Å². The zero-order chi connectivity index (χ0) is 17.7. The maximum atomic E-state index is 12.3. The molecule has 2 rings (SSSR count). The monoisotopic (exact) mass is 369 g/mol. The fraction of sp³-hybridized carbons (Fsp3) is 0.235. The first-order valence-corrected chi connectivity index (χ1v) is 7.77. The number of ether oxygens (including phenoxy) is 3. The van der Waals surface area contributed by atoms with Crippen LogP contribution in [0.15, 0.2) is 30.3 Å². The van der Waals surface area contributed by atoms with Gasteiger partial charge in [0.25, 0.3) is 5.91 Å². The molecular weight excluding hydrogens is 353 g/mol. The summed E-state index contributed by atoms with van der Waals surface area (Å²) in [5, 5.41) is 3.57.